The molecule has 0 unspecified atom stereocenters. The summed E-state index contributed by atoms with van der Waals surface area (Å²) in [5.74, 6) is 0. The minimum atomic E-state index is -0.260. The quantitative estimate of drug-likeness (QED) is 0.614. The molecule has 13 heavy (non-hydrogen) atoms. The van der Waals surface area contributed by atoms with Gasteiger partial charge in [0, 0.05) is 0 Å². The van der Waals surface area contributed by atoms with Gasteiger partial charge in [-0.15, -0.1) is 0 Å². The van der Waals surface area contributed by atoms with Crippen LogP contribution in [-0.2, 0) is 0 Å². The van der Waals surface area contributed by atoms with Gasteiger partial charge in [0.15, 0.2) is 0 Å². The fourth-order valence-electron chi connectivity index (χ4n) is 1.03. The fraction of sp³-hybridized carbons (Fsp3) is 0. The predicted molar refractivity (Wildman–Crippen MR) is 44.9 cm³/mol. The third-order valence-electron chi connectivity index (χ3n) is 1.64. The summed E-state index contributed by atoms with van der Waals surface area (Å²) >= 11 is 0. The zero-order valence-electron chi connectivity index (χ0n) is 6.48. The number of nitrogens with one attached hydrogen (secondary N) is 1. The first-order valence-electron chi connectivity index (χ1n) is 3.55. The Balaban J connectivity index is 2.92. The van der Waals surface area contributed by atoms with Crippen molar-refractivity contribution < 1.29 is 0 Å². The molecule has 2 rings (SSSR count). The van der Waals surface area contributed by atoms with Gasteiger partial charge in [-0.05, 0) is 6.07 Å². The SMILES string of the molecule is N#Cc1cc2c(=O)[nH]cnc2cn1. The number of aromatic amines is 1. The summed E-state index contributed by atoms with van der Waals surface area (Å²) < 4.78 is 0. The average Bonchev–Trinajstić information content (AvgIpc) is 2.18. The summed E-state index contributed by atoms with van der Waals surface area (Å²) in [4.78, 5) is 21.3. The van der Waals surface area contributed by atoms with Crippen LogP contribution in [0.1, 0.15) is 5.69 Å². The largest absolute Gasteiger partial charge is 0.313 e. The Kier molecular flexibility index (Phi) is 1.53. The molecule has 0 saturated carbocycles. The van der Waals surface area contributed by atoms with Crippen LogP contribution in [0.25, 0.3) is 10.9 Å². The maximum atomic E-state index is 11.2. The van der Waals surface area contributed by atoms with Gasteiger partial charge in [-0.25, -0.2) is 9.97 Å². The van der Waals surface area contributed by atoms with Crippen LogP contribution in [-0.4, -0.2) is 15.0 Å². The van der Waals surface area contributed by atoms with Gasteiger partial charge in [-0.1, -0.05) is 0 Å². The summed E-state index contributed by atoms with van der Waals surface area (Å²) in [6.45, 7) is 0. The van der Waals surface area contributed by atoms with E-state index in [4.69, 9.17) is 5.26 Å². The molecule has 0 aliphatic rings. The van der Waals surface area contributed by atoms with Crippen LogP contribution in [0.2, 0.25) is 0 Å². The molecule has 5 heteroatoms. The van der Waals surface area contributed by atoms with Crippen molar-refractivity contribution in [3.05, 3.63) is 34.6 Å². The van der Waals surface area contributed by atoms with Crippen molar-refractivity contribution in [1.82, 2.24) is 15.0 Å². The highest BCUT2D eigenvalue weighted by atomic mass is 16.1. The van der Waals surface area contributed by atoms with E-state index in [0.29, 0.717) is 10.9 Å². The summed E-state index contributed by atoms with van der Waals surface area (Å²) in [5.41, 5.74) is 0.442. The molecule has 2 heterocycles. The first kappa shape index (κ1) is 7.43. The highest BCUT2D eigenvalue weighted by molar-refractivity contribution is 5.76. The molecule has 0 aromatic carbocycles. The van der Waals surface area contributed by atoms with E-state index in [0.717, 1.165) is 0 Å². The smallest absolute Gasteiger partial charge is 0.258 e. The predicted octanol–water partition coefficient (Wildman–Crippen LogP) is 0.190. The number of fused-ring (bicyclic) bond motifs is 1. The van der Waals surface area contributed by atoms with E-state index >= 15 is 0 Å². The number of nitrogens with zero attached hydrogens (tertiary/aromatic N) is 3. The number of pyridine rings is 1. The van der Waals surface area contributed by atoms with Crippen molar-refractivity contribution in [2.75, 3.05) is 0 Å². The van der Waals surface area contributed by atoms with Gasteiger partial charge in [0.25, 0.3) is 5.56 Å². The van der Waals surface area contributed by atoms with Crippen LogP contribution >= 0.6 is 0 Å². The fourth-order valence-corrected chi connectivity index (χ4v) is 1.03. The summed E-state index contributed by atoms with van der Waals surface area (Å²) in [5, 5.41) is 8.93. The van der Waals surface area contributed by atoms with E-state index in [1.165, 1.54) is 18.6 Å². The molecule has 0 bridgehead atoms. The molecule has 0 amide bonds. The lowest BCUT2D eigenvalue weighted by atomic mass is 10.2. The summed E-state index contributed by atoms with van der Waals surface area (Å²) in [6.07, 6.45) is 2.71. The lowest BCUT2D eigenvalue weighted by molar-refractivity contribution is 1.15. The molecule has 0 aliphatic heterocycles. The van der Waals surface area contributed by atoms with E-state index in [1.807, 2.05) is 6.07 Å². The Hall–Kier alpha value is -2.22. The molecule has 0 radical (unpaired) electrons. The molecule has 2 aromatic heterocycles. The molecular weight excluding hydrogens is 168 g/mol. The number of nitriles is 1. The molecule has 0 atom stereocenters. The second-order valence-corrected chi connectivity index (χ2v) is 2.43. The van der Waals surface area contributed by atoms with Crippen molar-refractivity contribution >= 4 is 10.9 Å². The Labute approximate surface area is 72.7 Å². The standard InChI is InChI=1S/C8H4N4O/c9-2-5-1-6-7(3-10-5)11-4-12-8(6)13/h1,3-4H,(H,11,12,13). The van der Waals surface area contributed by atoms with E-state index in [2.05, 4.69) is 15.0 Å². The first-order chi connectivity index (χ1) is 6.31. The Morgan fingerprint density at radius 2 is 2.31 bits per heavy atom. The normalized spacial score (nSPS) is 9.77. The Bertz CT molecular complexity index is 552. The second-order valence-electron chi connectivity index (χ2n) is 2.43. The molecule has 2 aromatic rings. The second kappa shape index (κ2) is 2.68. The molecule has 1 N–H and O–H groups in total. The molecular formula is C8H4N4O. The monoisotopic (exact) mass is 172 g/mol. The number of aromatic nitrogens is 3. The number of rotatable bonds is 0. The summed E-state index contributed by atoms with van der Waals surface area (Å²) in [7, 11) is 0. The van der Waals surface area contributed by atoms with Crippen molar-refractivity contribution in [1.29, 1.82) is 5.26 Å². The van der Waals surface area contributed by atoms with Crippen LogP contribution in [0.15, 0.2) is 23.4 Å². The van der Waals surface area contributed by atoms with Crippen LogP contribution in [0.5, 0.6) is 0 Å². The lowest BCUT2D eigenvalue weighted by Gasteiger charge is -1.93. The van der Waals surface area contributed by atoms with Crippen LogP contribution in [0.4, 0.5) is 0 Å². The van der Waals surface area contributed by atoms with Crippen molar-refractivity contribution in [2.24, 2.45) is 0 Å². The van der Waals surface area contributed by atoms with E-state index in [9.17, 15) is 4.79 Å². The van der Waals surface area contributed by atoms with Crippen LogP contribution < -0.4 is 5.56 Å². The van der Waals surface area contributed by atoms with Crippen molar-refractivity contribution in [3.63, 3.8) is 0 Å². The van der Waals surface area contributed by atoms with E-state index in [-0.39, 0.29) is 11.3 Å². The molecule has 0 fully saturated rings. The minimum absolute atomic E-state index is 0.214. The molecule has 0 spiro atoms. The van der Waals surface area contributed by atoms with Crippen LogP contribution in [0.3, 0.4) is 0 Å². The lowest BCUT2D eigenvalue weighted by Crippen LogP contribution is -2.06. The zero-order chi connectivity index (χ0) is 9.26. The molecule has 62 valence electrons. The Morgan fingerprint density at radius 3 is 3.08 bits per heavy atom. The third kappa shape index (κ3) is 1.14. The van der Waals surface area contributed by atoms with Gasteiger partial charge in [0.2, 0.25) is 0 Å². The maximum absolute atomic E-state index is 11.2. The average molecular weight is 172 g/mol. The topological polar surface area (TPSA) is 82.4 Å². The van der Waals surface area contributed by atoms with Gasteiger partial charge < -0.3 is 4.98 Å². The van der Waals surface area contributed by atoms with E-state index in [1.54, 1.807) is 0 Å². The molecule has 0 saturated heterocycles. The third-order valence-corrected chi connectivity index (χ3v) is 1.64. The van der Waals surface area contributed by atoms with Gasteiger partial charge >= 0.3 is 0 Å². The highest BCUT2D eigenvalue weighted by Crippen LogP contribution is 2.04. The Morgan fingerprint density at radius 1 is 1.46 bits per heavy atom. The molecule has 0 aliphatic carbocycles. The first-order valence-corrected chi connectivity index (χ1v) is 3.55. The highest BCUT2D eigenvalue weighted by Gasteiger charge is 2.00. The van der Waals surface area contributed by atoms with Crippen molar-refractivity contribution in [2.45, 2.75) is 0 Å². The number of hydrogen-bond donors (Lipinski definition) is 1. The zero-order valence-corrected chi connectivity index (χ0v) is 6.48. The minimum Gasteiger partial charge on any atom is -0.313 e. The maximum Gasteiger partial charge on any atom is 0.258 e. The summed E-state index contributed by atoms with van der Waals surface area (Å²) in [6, 6.07) is 3.27. The molecule has 5 nitrogen and oxygen atoms in total. The van der Waals surface area contributed by atoms with Crippen molar-refractivity contribution in [3.8, 4) is 6.07 Å². The number of hydrogen-bond acceptors (Lipinski definition) is 4. The van der Waals surface area contributed by atoms with E-state index < -0.39 is 0 Å². The number of H-pyrrole nitrogens is 1. The van der Waals surface area contributed by atoms with Crippen LogP contribution in [0, 0.1) is 11.3 Å². The van der Waals surface area contributed by atoms with Gasteiger partial charge in [0.05, 0.1) is 23.4 Å². The van der Waals surface area contributed by atoms with Gasteiger partial charge in [-0.3, -0.25) is 4.79 Å². The van der Waals surface area contributed by atoms with Gasteiger partial charge in [-0.2, -0.15) is 5.26 Å². The van der Waals surface area contributed by atoms with Gasteiger partial charge in [0.1, 0.15) is 11.8 Å².